The maximum atomic E-state index is 11.0. The monoisotopic (exact) mass is 270 g/mol. The van der Waals surface area contributed by atoms with Crippen molar-refractivity contribution in [2.75, 3.05) is 0 Å². The van der Waals surface area contributed by atoms with Gasteiger partial charge in [-0.3, -0.25) is 0 Å². The van der Waals surface area contributed by atoms with E-state index in [1.54, 1.807) is 12.2 Å². The topological polar surface area (TPSA) is 96.2 Å². The van der Waals surface area contributed by atoms with E-state index in [0.29, 0.717) is 6.42 Å². The Kier molecular flexibility index (Phi) is 4.05. The van der Waals surface area contributed by atoms with Gasteiger partial charge in [0.15, 0.2) is 6.29 Å². The Labute approximate surface area is 110 Å². The van der Waals surface area contributed by atoms with Crippen molar-refractivity contribution in [3.63, 3.8) is 0 Å². The lowest BCUT2D eigenvalue weighted by Crippen LogP contribution is -2.38. The minimum atomic E-state index is -1.36. The first kappa shape index (κ1) is 14.2. The van der Waals surface area contributed by atoms with Crippen LogP contribution in [0.4, 0.5) is 0 Å². The summed E-state index contributed by atoms with van der Waals surface area (Å²) in [5, 5.41) is 28.9. The molecule has 0 radical (unpaired) electrons. The quantitative estimate of drug-likeness (QED) is 0.478. The fraction of sp³-hybridized carbons (Fsp3) is 0.615. The highest BCUT2D eigenvalue weighted by Crippen LogP contribution is 2.28. The van der Waals surface area contributed by atoms with Crippen LogP contribution in [0.2, 0.25) is 0 Å². The molecule has 2 heterocycles. The number of rotatable bonds is 3. The Bertz CT molecular complexity index is 390. The summed E-state index contributed by atoms with van der Waals surface area (Å²) < 4.78 is 10.1. The fourth-order valence-corrected chi connectivity index (χ4v) is 2.09. The summed E-state index contributed by atoms with van der Waals surface area (Å²) in [6.07, 6.45) is 3.41. The summed E-state index contributed by atoms with van der Waals surface area (Å²) in [7, 11) is 0. The number of cyclic esters (lactones) is 1. The molecule has 106 valence electrons. The van der Waals surface area contributed by atoms with Crippen molar-refractivity contribution < 1.29 is 29.6 Å². The van der Waals surface area contributed by atoms with Gasteiger partial charge in [-0.1, -0.05) is 12.2 Å². The first-order valence-electron chi connectivity index (χ1n) is 6.19. The molecule has 1 saturated heterocycles. The van der Waals surface area contributed by atoms with Gasteiger partial charge in [0.05, 0.1) is 6.10 Å². The smallest absolute Gasteiger partial charge is 0.331 e. The van der Waals surface area contributed by atoms with E-state index in [1.165, 1.54) is 19.1 Å². The lowest BCUT2D eigenvalue weighted by molar-refractivity contribution is -0.156. The molecule has 0 bridgehead atoms. The number of hydrogen-bond acceptors (Lipinski definition) is 6. The first-order valence-corrected chi connectivity index (χ1v) is 6.19. The van der Waals surface area contributed by atoms with Crippen LogP contribution >= 0.6 is 0 Å². The van der Waals surface area contributed by atoms with Crippen molar-refractivity contribution in [2.45, 2.75) is 50.0 Å². The van der Waals surface area contributed by atoms with Crippen molar-refractivity contribution in [3.8, 4) is 0 Å². The number of carbonyl (C=O) groups excluding carboxylic acids is 1. The van der Waals surface area contributed by atoms with Crippen molar-refractivity contribution in [1.82, 2.24) is 0 Å². The Balaban J connectivity index is 1.97. The SMILES string of the molecule is C[C@@](O)(C=C[C@H]1CC=CC(=O)O1)[C@H]1C[C@@H](O)C(O)O1. The van der Waals surface area contributed by atoms with Gasteiger partial charge in [0.25, 0.3) is 0 Å². The third-order valence-electron chi connectivity index (χ3n) is 3.28. The highest BCUT2D eigenvalue weighted by molar-refractivity contribution is 5.82. The van der Waals surface area contributed by atoms with Crippen LogP contribution in [-0.2, 0) is 14.3 Å². The molecular formula is C13H18O6. The first-order chi connectivity index (χ1) is 8.88. The lowest BCUT2D eigenvalue weighted by Gasteiger charge is -2.26. The van der Waals surface area contributed by atoms with Gasteiger partial charge in [0.1, 0.15) is 17.8 Å². The van der Waals surface area contributed by atoms with Crippen molar-refractivity contribution in [1.29, 1.82) is 0 Å². The minimum absolute atomic E-state index is 0.142. The zero-order valence-electron chi connectivity index (χ0n) is 10.6. The maximum absolute atomic E-state index is 11.0. The summed E-state index contributed by atoms with van der Waals surface area (Å²) in [6.45, 7) is 1.51. The van der Waals surface area contributed by atoms with E-state index >= 15 is 0 Å². The molecule has 6 nitrogen and oxygen atoms in total. The third-order valence-corrected chi connectivity index (χ3v) is 3.28. The van der Waals surface area contributed by atoms with E-state index in [1.807, 2.05) is 0 Å². The number of aliphatic hydroxyl groups excluding tert-OH is 2. The van der Waals surface area contributed by atoms with E-state index in [0.717, 1.165) is 0 Å². The fourth-order valence-electron chi connectivity index (χ4n) is 2.09. The standard InChI is InChI=1S/C13H18O6/c1-13(17,10-7-9(14)12(16)19-10)6-5-8-3-2-4-11(15)18-8/h2,4-6,8-10,12,14,16-17H,3,7H2,1H3/t8-,9-,10-,12?,13-/m1/s1. The number of carbonyl (C=O) groups is 1. The van der Waals surface area contributed by atoms with Crippen molar-refractivity contribution >= 4 is 5.97 Å². The van der Waals surface area contributed by atoms with Gasteiger partial charge >= 0.3 is 5.97 Å². The molecule has 1 unspecified atom stereocenters. The lowest BCUT2D eigenvalue weighted by atomic mass is 9.94. The Morgan fingerprint density at radius 2 is 2.21 bits per heavy atom. The van der Waals surface area contributed by atoms with E-state index in [9.17, 15) is 20.1 Å². The van der Waals surface area contributed by atoms with Crippen LogP contribution in [-0.4, -0.2) is 51.5 Å². The highest BCUT2D eigenvalue weighted by atomic mass is 16.6. The molecule has 0 aromatic rings. The van der Waals surface area contributed by atoms with E-state index in [-0.39, 0.29) is 6.42 Å². The molecule has 2 aliphatic heterocycles. The number of ether oxygens (including phenoxy) is 2. The van der Waals surface area contributed by atoms with Gasteiger partial charge in [-0.15, -0.1) is 0 Å². The second-order valence-corrected chi connectivity index (χ2v) is 5.02. The van der Waals surface area contributed by atoms with Gasteiger partial charge < -0.3 is 24.8 Å². The Morgan fingerprint density at radius 3 is 2.79 bits per heavy atom. The summed E-state index contributed by atoms with van der Waals surface area (Å²) in [5.74, 6) is -0.413. The third kappa shape index (κ3) is 3.42. The molecule has 5 atom stereocenters. The van der Waals surface area contributed by atoms with Crippen LogP contribution in [0.1, 0.15) is 19.8 Å². The predicted octanol–water partition coefficient (Wildman–Crippen LogP) is -0.366. The van der Waals surface area contributed by atoms with Crippen LogP contribution in [0.3, 0.4) is 0 Å². The zero-order chi connectivity index (χ0) is 14.0. The molecule has 0 amide bonds. The Morgan fingerprint density at radius 1 is 1.47 bits per heavy atom. The molecule has 0 aromatic heterocycles. The van der Waals surface area contributed by atoms with E-state index in [4.69, 9.17) is 9.47 Å². The average molecular weight is 270 g/mol. The van der Waals surface area contributed by atoms with Gasteiger partial charge in [-0.25, -0.2) is 4.79 Å². The molecule has 2 rings (SSSR count). The number of aliphatic hydroxyl groups is 3. The second kappa shape index (κ2) is 5.42. The van der Waals surface area contributed by atoms with Crippen molar-refractivity contribution in [2.24, 2.45) is 0 Å². The molecule has 0 aliphatic carbocycles. The maximum Gasteiger partial charge on any atom is 0.331 e. The number of hydrogen-bond donors (Lipinski definition) is 3. The van der Waals surface area contributed by atoms with Gasteiger partial charge in [-0.05, 0) is 13.0 Å². The second-order valence-electron chi connectivity index (χ2n) is 5.02. The highest BCUT2D eigenvalue weighted by Gasteiger charge is 2.41. The van der Waals surface area contributed by atoms with Gasteiger partial charge in [-0.2, -0.15) is 0 Å². The van der Waals surface area contributed by atoms with Crippen LogP contribution in [0.5, 0.6) is 0 Å². The predicted molar refractivity (Wildman–Crippen MR) is 64.9 cm³/mol. The molecule has 0 spiro atoms. The molecule has 1 fully saturated rings. The molecule has 19 heavy (non-hydrogen) atoms. The average Bonchev–Trinajstić information content (AvgIpc) is 2.68. The zero-order valence-corrected chi connectivity index (χ0v) is 10.6. The van der Waals surface area contributed by atoms with Crippen LogP contribution < -0.4 is 0 Å². The summed E-state index contributed by atoms with van der Waals surface area (Å²) in [5.41, 5.74) is -1.36. The molecular weight excluding hydrogens is 252 g/mol. The van der Waals surface area contributed by atoms with Crippen molar-refractivity contribution in [3.05, 3.63) is 24.3 Å². The van der Waals surface area contributed by atoms with Crippen LogP contribution in [0.15, 0.2) is 24.3 Å². The van der Waals surface area contributed by atoms with Crippen LogP contribution in [0, 0.1) is 0 Å². The minimum Gasteiger partial charge on any atom is -0.455 e. The summed E-state index contributed by atoms with van der Waals surface area (Å²) in [4.78, 5) is 11.0. The molecule has 0 saturated carbocycles. The van der Waals surface area contributed by atoms with E-state index in [2.05, 4.69) is 0 Å². The molecule has 2 aliphatic rings. The summed E-state index contributed by atoms with van der Waals surface area (Å²) >= 11 is 0. The van der Waals surface area contributed by atoms with Gasteiger partial charge in [0.2, 0.25) is 0 Å². The largest absolute Gasteiger partial charge is 0.455 e. The molecule has 3 N–H and O–H groups in total. The molecule has 6 heteroatoms. The normalized spacial score (nSPS) is 38.4. The molecule has 0 aromatic carbocycles. The van der Waals surface area contributed by atoms with E-state index < -0.39 is 36.2 Å². The number of esters is 1. The summed E-state index contributed by atoms with van der Waals surface area (Å²) in [6, 6.07) is 0. The van der Waals surface area contributed by atoms with Crippen LogP contribution in [0.25, 0.3) is 0 Å². The van der Waals surface area contributed by atoms with Gasteiger partial charge in [0, 0.05) is 18.9 Å². The Hall–Kier alpha value is -1.21.